The minimum absolute atomic E-state index is 0. The van der Waals surface area contributed by atoms with Gasteiger partial charge in [-0.15, -0.1) is 24.0 Å². The second-order valence-electron chi connectivity index (χ2n) is 6.03. The monoisotopic (exact) mass is 449 g/mol. The van der Waals surface area contributed by atoms with Crippen LogP contribution < -0.4 is 15.4 Å². The van der Waals surface area contributed by atoms with Crippen molar-refractivity contribution < 1.29 is 4.74 Å². The van der Waals surface area contributed by atoms with Gasteiger partial charge in [-0.1, -0.05) is 18.2 Å². The number of halogens is 1. The Kier molecular flexibility index (Phi) is 8.53. The Morgan fingerprint density at radius 3 is 2.83 bits per heavy atom. The number of guanidine groups is 1. The van der Waals surface area contributed by atoms with Crippen molar-refractivity contribution in [3.8, 4) is 5.75 Å². The van der Waals surface area contributed by atoms with E-state index in [4.69, 9.17) is 9.73 Å². The number of benzene rings is 1. The summed E-state index contributed by atoms with van der Waals surface area (Å²) >= 11 is 1.84. The van der Waals surface area contributed by atoms with Crippen LogP contribution in [-0.4, -0.2) is 36.7 Å². The molecule has 1 aromatic carbocycles. The van der Waals surface area contributed by atoms with E-state index < -0.39 is 0 Å². The van der Waals surface area contributed by atoms with Gasteiger partial charge in [0.05, 0.1) is 19.2 Å². The zero-order valence-corrected chi connectivity index (χ0v) is 17.5. The number of aliphatic imine (C=N–C) groups is 1. The largest absolute Gasteiger partial charge is 0.493 e. The number of fused-ring (bicyclic) bond motifs is 1. The molecule has 1 aliphatic rings. The van der Waals surface area contributed by atoms with Crippen molar-refractivity contribution in [3.63, 3.8) is 0 Å². The SMILES string of the molecule is CCNC(=NCC(C)(C)SC)NC1CCOc2ccccc21.I. The fraction of sp³-hybridized carbons (Fsp3) is 0.588. The lowest BCUT2D eigenvalue weighted by Gasteiger charge is -2.28. The van der Waals surface area contributed by atoms with Gasteiger partial charge in [0.1, 0.15) is 5.75 Å². The molecule has 0 fully saturated rings. The summed E-state index contributed by atoms with van der Waals surface area (Å²) in [6.45, 7) is 8.91. The van der Waals surface area contributed by atoms with E-state index in [1.54, 1.807) is 0 Å². The molecular formula is C17H28IN3OS. The van der Waals surface area contributed by atoms with E-state index >= 15 is 0 Å². The van der Waals surface area contributed by atoms with Crippen LogP contribution in [0.3, 0.4) is 0 Å². The lowest BCUT2D eigenvalue weighted by Crippen LogP contribution is -2.41. The molecule has 6 heteroatoms. The van der Waals surface area contributed by atoms with E-state index in [2.05, 4.69) is 49.8 Å². The first kappa shape index (κ1) is 20.4. The Bertz CT molecular complexity index is 522. The average Bonchev–Trinajstić information content (AvgIpc) is 2.53. The summed E-state index contributed by atoms with van der Waals surface area (Å²) in [5.41, 5.74) is 1.21. The third-order valence-corrected chi connectivity index (χ3v) is 5.02. The molecule has 2 rings (SSSR count). The number of para-hydroxylation sites is 1. The standard InChI is InChI=1S/C17H27N3OS.HI/c1-5-18-16(19-12-17(2,3)22-4)20-14-10-11-21-15-9-7-6-8-13(14)15;/h6-9,14H,5,10-12H2,1-4H3,(H2,18,19,20);1H. The summed E-state index contributed by atoms with van der Waals surface area (Å²) in [4.78, 5) is 4.76. The molecule has 0 bridgehead atoms. The smallest absolute Gasteiger partial charge is 0.191 e. The lowest BCUT2D eigenvalue weighted by molar-refractivity contribution is 0.261. The Hall–Kier alpha value is -0.630. The topological polar surface area (TPSA) is 45.7 Å². The number of ether oxygens (including phenoxy) is 1. The predicted octanol–water partition coefficient (Wildman–Crippen LogP) is 3.82. The molecule has 0 aromatic heterocycles. The van der Waals surface area contributed by atoms with Crippen LogP contribution >= 0.6 is 35.7 Å². The molecule has 1 aliphatic heterocycles. The highest BCUT2D eigenvalue weighted by Gasteiger charge is 2.22. The van der Waals surface area contributed by atoms with Gasteiger partial charge in [0, 0.05) is 23.3 Å². The number of nitrogens with zero attached hydrogens (tertiary/aromatic N) is 1. The van der Waals surface area contributed by atoms with Crippen LogP contribution in [0.1, 0.15) is 38.8 Å². The van der Waals surface area contributed by atoms with E-state index in [-0.39, 0.29) is 34.8 Å². The van der Waals surface area contributed by atoms with Crippen molar-refractivity contribution in [2.45, 2.75) is 38.0 Å². The molecule has 0 aliphatic carbocycles. The predicted molar refractivity (Wildman–Crippen MR) is 111 cm³/mol. The fourth-order valence-corrected chi connectivity index (χ4v) is 2.50. The van der Waals surface area contributed by atoms with Gasteiger partial charge in [-0.25, -0.2) is 0 Å². The van der Waals surface area contributed by atoms with Crippen LogP contribution in [0.2, 0.25) is 0 Å². The molecule has 0 amide bonds. The number of rotatable bonds is 5. The van der Waals surface area contributed by atoms with E-state index in [1.807, 2.05) is 23.9 Å². The Balaban J connectivity index is 0.00000264. The van der Waals surface area contributed by atoms with E-state index in [9.17, 15) is 0 Å². The first-order chi connectivity index (χ1) is 10.6. The Labute approximate surface area is 161 Å². The lowest BCUT2D eigenvalue weighted by atomic mass is 10.0. The van der Waals surface area contributed by atoms with Gasteiger partial charge >= 0.3 is 0 Å². The molecule has 1 atom stereocenters. The van der Waals surface area contributed by atoms with E-state index in [1.165, 1.54) is 5.56 Å². The maximum atomic E-state index is 5.72. The van der Waals surface area contributed by atoms with Crippen molar-refractivity contribution in [1.29, 1.82) is 0 Å². The first-order valence-corrected chi connectivity index (χ1v) is 9.10. The summed E-state index contributed by atoms with van der Waals surface area (Å²) in [5.74, 6) is 1.86. The van der Waals surface area contributed by atoms with Crippen molar-refractivity contribution in [2.75, 3.05) is 26.0 Å². The zero-order chi connectivity index (χ0) is 16.0. The zero-order valence-electron chi connectivity index (χ0n) is 14.4. The van der Waals surface area contributed by atoms with Crippen LogP contribution in [0.25, 0.3) is 0 Å². The van der Waals surface area contributed by atoms with Gasteiger partial charge in [-0.3, -0.25) is 4.99 Å². The van der Waals surface area contributed by atoms with Gasteiger partial charge in [-0.05, 0) is 33.1 Å². The Morgan fingerprint density at radius 1 is 1.39 bits per heavy atom. The third kappa shape index (κ3) is 6.06. The Morgan fingerprint density at radius 2 is 2.13 bits per heavy atom. The highest BCUT2D eigenvalue weighted by molar-refractivity contribution is 14.0. The van der Waals surface area contributed by atoms with Gasteiger partial charge < -0.3 is 15.4 Å². The van der Waals surface area contributed by atoms with Crippen LogP contribution in [0.4, 0.5) is 0 Å². The molecule has 0 radical (unpaired) electrons. The highest BCUT2D eigenvalue weighted by Crippen LogP contribution is 2.31. The number of thioether (sulfide) groups is 1. The second kappa shape index (κ2) is 9.61. The maximum Gasteiger partial charge on any atom is 0.191 e. The van der Waals surface area contributed by atoms with Gasteiger partial charge in [0.2, 0.25) is 0 Å². The molecule has 1 aromatic rings. The fourth-order valence-electron chi connectivity index (χ4n) is 2.31. The van der Waals surface area contributed by atoms with Crippen LogP contribution in [-0.2, 0) is 0 Å². The molecule has 0 saturated heterocycles. The molecule has 4 nitrogen and oxygen atoms in total. The maximum absolute atomic E-state index is 5.72. The molecule has 0 saturated carbocycles. The van der Waals surface area contributed by atoms with Crippen LogP contribution in [0.15, 0.2) is 29.3 Å². The van der Waals surface area contributed by atoms with Gasteiger partial charge in [0.25, 0.3) is 0 Å². The van der Waals surface area contributed by atoms with Gasteiger partial charge in [-0.2, -0.15) is 11.8 Å². The molecular weight excluding hydrogens is 421 g/mol. The van der Waals surface area contributed by atoms with Crippen molar-refractivity contribution in [1.82, 2.24) is 10.6 Å². The van der Waals surface area contributed by atoms with Crippen molar-refractivity contribution in [3.05, 3.63) is 29.8 Å². The normalized spacial score (nSPS) is 17.6. The molecule has 23 heavy (non-hydrogen) atoms. The summed E-state index contributed by atoms with van der Waals surface area (Å²) in [6, 6.07) is 8.48. The van der Waals surface area contributed by atoms with Gasteiger partial charge in [0.15, 0.2) is 5.96 Å². The van der Waals surface area contributed by atoms with E-state index in [0.29, 0.717) is 0 Å². The number of hydrogen-bond acceptors (Lipinski definition) is 3. The van der Waals surface area contributed by atoms with Crippen molar-refractivity contribution in [2.24, 2.45) is 4.99 Å². The minimum Gasteiger partial charge on any atom is -0.493 e. The summed E-state index contributed by atoms with van der Waals surface area (Å²) in [5, 5.41) is 6.91. The average molecular weight is 449 g/mol. The van der Waals surface area contributed by atoms with Crippen molar-refractivity contribution >= 4 is 41.7 Å². The summed E-state index contributed by atoms with van der Waals surface area (Å²) in [7, 11) is 0. The molecule has 1 unspecified atom stereocenters. The molecule has 0 spiro atoms. The first-order valence-electron chi connectivity index (χ1n) is 7.87. The molecule has 130 valence electrons. The summed E-state index contributed by atoms with van der Waals surface area (Å²) in [6.07, 6.45) is 3.08. The number of hydrogen-bond donors (Lipinski definition) is 2. The number of nitrogens with one attached hydrogen (secondary N) is 2. The van der Waals surface area contributed by atoms with Crippen LogP contribution in [0.5, 0.6) is 5.75 Å². The van der Waals surface area contributed by atoms with Crippen LogP contribution in [0, 0.1) is 0 Å². The third-order valence-electron chi connectivity index (χ3n) is 3.78. The molecule has 2 N–H and O–H groups in total. The summed E-state index contributed by atoms with van der Waals surface area (Å²) < 4.78 is 5.87. The molecule has 1 heterocycles. The van der Waals surface area contributed by atoms with E-state index in [0.717, 1.165) is 37.8 Å². The quantitative estimate of drug-likeness (QED) is 0.408. The highest BCUT2D eigenvalue weighted by atomic mass is 127. The minimum atomic E-state index is 0. The second-order valence-corrected chi connectivity index (χ2v) is 7.54.